The smallest absolute Gasteiger partial charge is 0.399 e. The number of aliphatic hydroxyl groups is 1. The molecule has 0 spiro atoms. The molecule has 1 aromatic rings. The molecule has 150 valence electrons. The first kappa shape index (κ1) is 20.7. The molecule has 0 saturated carbocycles. The standard InChI is InChI=1S/C17H28BN3O5S/c1-16(2)17(3,4)26-18(25-16)13-10-19-15(20-11-13)27(23,24)12-14-6-5-7-21(14)8-9-22/h10-11,14,22H,5-9,12H2,1-4H3/t14-/m1/s1. The predicted molar refractivity (Wildman–Crippen MR) is 101 cm³/mol. The monoisotopic (exact) mass is 397 g/mol. The van der Waals surface area contributed by atoms with Gasteiger partial charge in [-0.15, -0.1) is 0 Å². The van der Waals surface area contributed by atoms with Crippen molar-refractivity contribution in [1.29, 1.82) is 0 Å². The molecular formula is C17H28BN3O5S. The molecule has 2 saturated heterocycles. The predicted octanol–water partition coefficient (Wildman–Crippen LogP) is 0.00620. The highest BCUT2D eigenvalue weighted by Gasteiger charge is 2.52. The van der Waals surface area contributed by atoms with Crippen LogP contribution in [0.4, 0.5) is 0 Å². The number of aromatic nitrogens is 2. The Balaban J connectivity index is 1.71. The summed E-state index contributed by atoms with van der Waals surface area (Å²) in [6.07, 6.45) is 4.65. The van der Waals surface area contributed by atoms with Crippen LogP contribution in [0.1, 0.15) is 40.5 Å². The molecule has 0 aromatic carbocycles. The Morgan fingerprint density at radius 3 is 2.37 bits per heavy atom. The fourth-order valence-corrected chi connectivity index (χ4v) is 4.88. The molecule has 3 heterocycles. The largest absolute Gasteiger partial charge is 0.498 e. The molecule has 1 N–H and O–H groups in total. The number of aliphatic hydroxyl groups excluding tert-OH is 1. The minimum atomic E-state index is -3.61. The van der Waals surface area contributed by atoms with Crippen LogP contribution in [0.3, 0.4) is 0 Å². The van der Waals surface area contributed by atoms with Crippen molar-refractivity contribution in [2.75, 3.05) is 25.4 Å². The lowest BCUT2D eigenvalue weighted by atomic mass is 9.81. The van der Waals surface area contributed by atoms with Crippen LogP contribution in [0.25, 0.3) is 0 Å². The van der Waals surface area contributed by atoms with Crippen molar-refractivity contribution in [2.45, 2.75) is 62.9 Å². The Morgan fingerprint density at radius 2 is 1.81 bits per heavy atom. The Morgan fingerprint density at radius 1 is 1.22 bits per heavy atom. The quantitative estimate of drug-likeness (QED) is 0.529. The maximum atomic E-state index is 12.7. The van der Waals surface area contributed by atoms with Crippen LogP contribution in [0.2, 0.25) is 0 Å². The number of hydrogen-bond acceptors (Lipinski definition) is 8. The average molecular weight is 397 g/mol. The molecule has 10 heteroatoms. The maximum absolute atomic E-state index is 12.7. The molecule has 2 fully saturated rings. The summed E-state index contributed by atoms with van der Waals surface area (Å²) in [6, 6.07) is -0.103. The van der Waals surface area contributed by atoms with Crippen molar-refractivity contribution in [1.82, 2.24) is 14.9 Å². The summed E-state index contributed by atoms with van der Waals surface area (Å²) in [6.45, 7) is 9.12. The molecule has 8 nitrogen and oxygen atoms in total. The molecular weight excluding hydrogens is 369 g/mol. The van der Waals surface area contributed by atoms with Gasteiger partial charge in [-0.25, -0.2) is 18.4 Å². The van der Waals surface area contributed by atoms with Gasteiger partial charge >= 0.3 is 7.12 Å². The van der Waals surface area contributed by atoms with Crippen molar-refractivity contribution >= 4 is 22.4 Å². The molecule has 2 aliphatic heterocycles. The minimum absolute atomic E-state index is 0.0236. The Hall–Kier alpha value is -1.07. The first-order valence-corrected chi connectivity index (χ1v) is 11.0. The fraction of sp³-hybridized carbons (Fsp3) is 0.765. The van der Waals surface area contributed by atoms with E-state index in [4.69, 9.17) is 14.4 Å². The zero-order valence-corrected chi connectivity index (χ0v) is 17.2. The van der Waals surface area contributed by atoms with E-state index in [1.165, 1.54) is 12.4 Å². The van der Waals surface area contributed by atoms with Crippen molar-refractivity contribution in [3.63, 3.8) is 0 Å². The van der Waals surface area contributed by atoms with Gasteiger partial charge in [-0.1, -0.05) is 0 Å². The number of β-amino-alcohol motifs (C(OH)–C–C–N with tert-alkyl or cyclic N) is 1. The second kappa shape index (κ2) is 7.40. The zero-order chi connectivity index (χ0) is 19.9. The normalized spacial score (nSPS) is 25.2. The van der Waals surface area contributed by atoms with Crippen molar-refractivity contribution in [2.24, 2.45) is 0 Å². The van der Waals surface area contributed by atoms with Crippen molar-refractivity contribution < 1.29 is 22.8 Å². The Kier molecular flexibility index (Phi) is 5.66. The molecule has 0 unspecified atom stereocenters. The lowest BCUT2D eigenvalue weighted by Gasteiger charge is -2.32. The second-order valence-electron chi connectivity index (χ2n) is 8.22. The van der Waals surface area contributed by atoms with Crippen LogP contribution in [0.15, 0.2) is 17.6 Å². The van der Waals surface area contributed by atoms with E-state index in [0.717, 1.165) is 19.4 Å². The highest BCUT2D eigenvalue weighted by Crippen LogP contribution is 2.36. The van der Waals surface area contributed by atoms with Crippen molar-refractivity contribution in [3.8, 4) is 0 Å². The molecule has 0 radical (unpaired) electrons. The highest BCUT2D eigenvalue weighted by molar-refractivity contribution is 7.91. The summed E-state index contributed by atoms with van der Waals surface area (Å²) < 4.78 is 37.3. The van der Waals surface area contributed by atoms with Gasteiger partial charge in [0.2, 0.25) is 15.0 Å². The minimum Gasteiger partial charge on any atom is -0.399 e. The van der Waals surface area contributed by atoms with Crippen LogP contribution >= 0.6 is 0 Å². The van der Waals surface area contributed by atoms with Gasteiger partial charge in [-0.05, 0) is 47.1 Å². The topological polar surface area (TPSA) is 102 Å². The number of likely N-dealkylation sites (tertiary alicyclic amines) is 1. The molecule has 2 aliphatic rings. The molecule has 3 rings (SSSR count). The van der Waals surface area contributed by atoms with E-state index in [9.17, 15) is 8.42 Å². The summed E-state index contributed by atoms with van der Waals surface area (Å²) in [7, 11) is -4.23. The van der Waals surface area contributed by atoms with Gasteiger partial charge in [0.25, 0.3) is 0 Å². The van der Waals surface area contributed by atoms with Crippen molar-refractivity contribution in [3.05, 3.63) is 12.4 Å². The average Bonchev–Trinajstić information content (AvgIpc) is 3.09. The summed E-state index contributed by atoms with van der Waals surface area (Å²) in [5.41, 5.74) is -0.377. The van der Waals surface area contributed by atoms with E-state index in [-0.39, 0.29) is 23.6 Å². The Bertz CT molecular complexity index is 753. The third-order valence-electron chi connectivity index (χ3n) is 5.75. The zero-order valence-electron chi connectivity index (χ0n) is 16.4. The number of hydrogen-bond donors (Lipinski definition) is 1. The van der Waals surface area contributed by atoms with Gasteiger partial charge in [0.15, 0.2) is 0 Å². The van der Waals surface area contributed by atoms with Gasteiger partial charge < -0.3 is 14.4 Å². The number of sulfone groups is 1. The van der Waals surface area contributed by atoms with Gasteiger partial charge in [-0.3, -0.25) is 4.90 Å². The van der Waals surface area contributed by atoms with Crippen LogP contribution < -0.4 is 5.46 Å². The van der Waals surface area contributed by atoms with E-state index < -0.39 is 28.2 Å². The molecule has 0 amide bonds. The van der Waals surface area contributed by atoms with E-state index in [0.29, 0.717) is 12.0 Å². The van der Waals surface area contributed by atoms with Crippen LogP contribution in [0.5, 0.6) is 0 Å². The van der Waals surface area contributed by atoms with Gasteiger partial charge in [0.1, 0.15) is 0 Å². The molecule has 1 atom stereocenters. The molecule has 0 aliphatic carbocycles. The van der Waals surface area contributed by atoms with Crippen LogP contribution in [0, 0.1) is 0 Å². The van der Waals surface area contributed by atoms with E-state index in [2.05, 4.69) is 9.97 Å². The van der Waals surface area contributed by atoms with Gasteiger partial charge in [-0.2, -0.15) is 0 Å². The maximum Gasteiger partial charge on any atom is 0.498 e. The summed E-state index contributed by atoms with van der Waals surface area (Å²) in [5, 5.41) is 8.95. The van der Waals surface area contributed by atoms with Crippen LogP contribution in [-0.4, -0.2) is 78.2 Å². The Labute approximate surface area is 161 Å². The fourth-order valence-electron chi connectivity index (χ4n) is 3.42. The number of rotatable bonds is 6. The highest BCUT2D eigenvalue weighted by atomic mass is 32.2. The van der Waals surface area contributed by atoms with E-state index >= 15 is 0 Å². The lowest BCUT2D eigenvalue weighted by Crippen LogP contribution is -2.41. The second-order valence-corrected chi connectivity index (χ2v) is 10.2. The molecule has 1 aromatic heterocycles. The van der Waals surface area contributed by atoms with Gasteiger partial charge in [0.05, 0.1) is 23.6 Å². The first-order chi connectivity index (χ1) is 12.6. The third kappa shape index (κ3) is 4.19. The third-order valence-corrected chi connectivity index (χ3v) is 7.34. The van der Waals surface area contributed by atoms with Crippen LogP contribution in [-0.2, 0) is 19.1 Å². The summed E-state index contributed by atoms with van der Waals surface area (Å²) in [5.74, 6) is -0.0389. The van der Waals surface area contributed by atoms with E-state index in [1.807, 2.05) is 32.6 Å². The molecule has 27 heavy (non-hydrogen) atoms. The van der Waals surface area contributed by atoms with Gasteiger partial charge in [0, 0.05) is 30.4 Å². The SMILES string of the molecule is CC1(C)OB(c2cnc(S(=O)(=O)C[C@H]3CCCN3CCO)nc2)OC1(C)C. The molecule has 0 bridgehead atoms. The number of nitrogens with zero attached hydrogens (tertiary/aromatic N) is 3. The van der Waals surface area contributed by atoms with E-state index in [1.54, 1.807) is 0 Å². The first-order valence-electron chi connectivity index (χ1n) is 9.31. The lowest BCUT2D eigenvalue weighted by molar-refractivity contribution is 0.00578. The summed E-state index contributed by atoms with van der Waals surface area (Å²) >= 11 is 0. The summed E-state index contributed by atoms with van der Waals surface area (Å²) in [4.78, 5) is 10.2.